The molecule has 1 aliphatic carbocycles. The first-order chi connectivity index (χ1) is 5.73. The number of aliphatic hydroxyl groups is 1. The van der Waals surface area contributed by atoms with Gasteiger partial charge in [-0.05, 0) is 13.3 Å². The smallest absolute Gasteiger partial charge is 0.211 e. The molecule has 3 fully saturated rings. The average molecular weight is 160 g/mol. The molecule has 0 aromatic heterocycles. The van der Waals surface area contributed by atoms with Crippen molar-refractivity contribution in [2.75, 3.05) is 13.7 Å². The van der Waals surface area contributed by atoms with Gasteiger partial charge in [0.15, 0.2) is 0 Å². The van der Waals surface area contributed by atoms with Gasteiger partial charge in [0.25, 0.3) is 0 Å². The highest BCUT2D eigenvalue weighted by Gasteiger charge is 2.63. The minimum atomic E-state index is -0.305. The Balaban J connectivity index is 2.08. The van der Waals surface area contributed by atoms with Crippen LogP contribution in [0.1, 0.15) is 13.3 Å². The topological polar surface area (TPSA) is 38.7 Å². The average Bonchev–Trinajstić information content (AvgIpc) is 2.42. The normalized spacial score (nSPS) is 55.5. The van der Waals surface area contributed by atoms with Gasteiger partial charge < -0.3 is 14.6 Å². The monoisotopic (exact) mass is 160 g/mol. The Morgan fingerprint density at radius 1 is 1.91 bits per heavy atom. The van der Waals surface area contributed by atoms with Gasteiger partial charge in [-0.3, -0.25) is 0 Å². The van der Waals surface area contributed by atoms with Gasteiger partial charge >= 0.3 is 0 Å². The molecule has 0 aromatic rings. The van der Waals surface area contributed by atoms with Gasteiger partial charge in [0.1, 0.15) is 5.60 Å². The van der Waals surface area contributed by atoms with Crippen molar-refractivity contribution < 1.29 is 14.6 Å². The number of fused-ring (bicyclic) bond motifs is 1. The Kier molecular flexibility index (Phi) is 1.27. The number of hydrogen-bond donors (Lipinski definition) is 1. The molecule has 11 heavy (non-hydrogen) atoms. The van der Waals surface area contributed by atoms with Crippen molar-refractivity contribution in [3.63, 3.8) is 0 Å². The highest BCUT2D eigenvalue weighted by atomic mass is 16.6. The molecule has 1 saturated carbocycles. The summed E-state index contributed by atoms with van der Waals surface area (Å²) in [5.41, 5.74) is -0.305. The quantitative estimate of drug-likeness (QED) is 0.639. The fourth-order valence-electron chi connectivity index (χ4n) is 2.26. The van der Waals surface area contributed by atoms with E-state index in [-0.39, 0.29) is 17.8 Å². The Hall–Kier alpha value is -0.120. The standard InChI is InChI=1S/C8H14O3/c1-5-6-3-8(11-5,4-10-2)7(6)9/h5-7,9H,3-4H2,1-2H3/t5-,6+,7+,8+/m0/s1/i9T. The van der Waals surface area contributed by atoms with E-state index < -0.39 is 0 Å². The largest absolute Gasteiger partial charge is 0.390 e. The first kappa shape index (κ1) is 6.40. The van der Waals surface area contributed by atoms with Crippen molar-refractivity contribution >= 4 is 0 Å². The third-order valence-electron chi connectivity index (χ3n) is 2.90. The summed E-state index contributed by atoms with van der Waals surface area (Å²) in [6, 6.07) is 0. The molecule has 3 heteroatoms. The van der Waals surface area contributed by atoms with Crippen molar-refractivity contribution in [3.05, 3.63) is 0 Å². The SMILES string of the molecule is [3H]O[C@@H]1[C@@H]2C[C@]1(COC)O[C@H]2C. The molecule has 4 atom stereocenters. The van der Waals surface area contributed by atoms with E-state index in [1.54, 1.807) is 7.11 Å². The summed E-state index contributed by atoms with van der Waals surface area (Å²) < 4.78 is 17.7. The van der Waals surface area contributed by atoms with E-state index in [9.17, 15) is 0 Å². The summed E-state index contributed by atoms with van der Waals surface area (Å²) in [6.45, 7) is 2.57. The first-order valence-corrected chi connectivity index (χ1v) is 4.02. The summed E-state index contributed by atoms with van der Waals surface area (Å²) in [7, 11) is 1.65. The van der Waals surface area contributed by atoms with E-state index in [4.69, 9.17) is 10.9 Å². The summed E-state index contributed by atoms with van der Waals surface area (Å²) in [6.07, 6.45) is 1.12. The Morgan fingerprint density at radius 3 is 3.27 bits per heavy atom. The molecule has 2 bridgehead atoms. The predicted molar refractivity (Wildman–Crippen MR) is 39.3 cm³/mol. The summed E-state index contributed by atoms with van der Waals surface area (Å²) in [5.74, 6) is 0.401. The van der Waals surface area contributed by atoms with Crippen LogP contribution in [0, 0.1) is 5.92 Å². The maximum absolute atomic E-state index is 6.92. The van der Waals surface area contributed by atoms with E-state index in [0.717, 1.165) is 6.42 Å². The lowest BCUT2D eigenvalue weighted by Gasteiger charge is -2.40. The van der Waals surface area contributed by atoms with Crippen molar-refractivity contribution in [2.24, 2.45) is 5.92 Å². The minimum Gasteiger partial charge on any atom is -0.390 e. The molecular weight excluding hydrogens is 144 g/mol. The molecule has 3 aliphatic rings. The van der Waals surface area contributed by atoms with Crippen molar-refractivity contribution in [2.45, 2.75) is 31.2 Å². The molecule has 3 nitrogen and oxygen atoms in total. The summed E-state index contributed by atoms with van der Waals surface area (Å²) in [5, 5.41) is 4.64. The zero-order chi connectivity index (χ0) is 8.77. The van der Waals surface area contributed by atoms with Gasteiger partial charge in [-0.2, -0.15) is 0 Å². The van der Waals surface area contributed by atoms with Gasteiger partial charge in [-0.25, -0.2) is 0 Å². The van der Waals surface area contributed by atoms with Crippen molar-refractivity contribution in [1.82, 2.24) is 0 Å². The van der Waals surface area contributed by atoms with Crippen LogP contribution in [0.4, 0.5) is 0 Å². The van der Waals surface area contributed by atoms with Crippen LogP contribution in [-0.2, 0) is 9.47 Å². The molecule has 64 valence electrons. The van der Waals surface area contributed by atoms with E-state index >= 15 is 0 Å². The van der Waals surface area contributed by atoms with Crippen LogP contribution in [0.25, 0.3) is 0 Å². The highest BCUT2D eigenvalue weighted by Crippen LogP contribution is 2.52. The lowest BCUT2D eigenvalue weighted by molar-refractivity contribution is -0.143. The van der Waals surface area contributed by atoms with E-state index in [1.165, 1.54) is 0 Å². The molecule has 3 rings (SSSR count). The Labute approximate surface area is 67.8 Å². The summed E-state index contributed by atoms with van der Waals surface area (Å²) in [4.78, 5) is 0. The predicted octanol–water partition coefficient (Wildman–Crippen LogP) is 0.171. The van der Waals surface area contributed by atoms with E-state index in [0.29, 0.717) is 12.5 Å². The fourth-order valence-corrected chi connectivity index (χ4v) is 2.26. The number of ether oxygens (including phenoxy) is 2. The number of hydrogen-bond acceptors (Lipinski definition) is 3. The summed E-state index contributed by atoms with van der Waals surface area (Å²) >= 11 is 0. The third kappa shape index (κ3) is 0.789. The maximum Gasteiger partial charge on any atom is 0.211 e. The second-order valence-corrected chi connectivity index (χ2v) is 3.61. The molecule has 0 amide bonds. The van der Waals surface area contributed by atoms with Crippen LogP contribution >= 0.6 is 0 Å². The lowest BCUT2D eigenvalue weighted by atomic mass is 9.70. The van der Waals surface area contributed by atoms with Crippen LogP contribution in [0.15, 0.2) is 0 Å². The molecule has 0 spiro atoms. The van der Waals surface area contributed by atoms with Gasteiger partial charge in [0, 0.05) is 13.0 Å². The molecule has 0 unspecified atom stereocenters. The lowest BCUT2D eigenvalue weighted by Crippen LogP contribution is -2.55. The molecule has 1 N–H and O–H groups in total. The van der Waals surface area contributed by atoms with Gasteiger partial charge in [0.2, 0.25) is 1.43 Å². The molecule has 2 saturated heterocycles. The number of rotatable bonds is 3. The van der Waals surface area contributed by atoms with Crippen LogP contribution in [0.2, 0.25) is 0 Å². The van der Waals surface area contributed by atoms with Gasteiger partial charge in [-0.15, -0.1) is 0 Å². The van der Waals surface area contributed by atoms with E-state index in [1.807, 2.05) is 6.92 Å². The van der Waals surface area contributed by atoms with Crippen LogP contribution in [0.3, 0.4) is 0 Å². The van der Waals surface area contributed by atoms with Gasteiger partial charge in [-0.1, -0.05) is 0 Å². The number of methoxy groups -OCH3 is 1. The number of aliphatic hydroxyl groups excluding tert-OH is 1. The van der Waals surface area contributed by atoms with Gasteiger partial charge in [0.05, 0.1) is 18.8 Å². The molecule has 0 radical (unpaired) electrons. The van der Waals surface area contributed by atoms with E-state index in [2.05, 4.69) is 5.11 Å². The highest BCUT2D eigenvalue weighted by molar-refractivity contribution is 5.12. The maximum atomic E-state index is 6.92. The molecule has 2 aliphatic heterocycles. The molecular formula is C8H14O3. The minimum absolute atomic E-state index is 0.0764. The van der Waals surface area contributed by atoms with Crippen LogP contribution in [0.5, 0.6) is 0 Å². The molecule has 2 heterocycles. The zero-order valence-corrected chi connectivity index (χ0v) is 6.87. The second-order valence-electron chi connectivity index (χ2n) is 3.61. The first-order valence-electron chi connectivity index (χ1n) is 4.43. The van der Waals surface area contributed by atoms with Crippen LogP contribution in [-0.4, -0.2) is 38.1 Å². The Bertz CT molecular complexity index is 183. The zero-order valence-electron chi connectivity index (χ0n) is 7.87. The fraction of sp³-hybridized carbons (Fsp3) is 1.00. The van der Waals surface area contributed by atoms with Crippen molar-refractivity contribution in [3.8, 4) is 0 Å². The van der Waals surface area contributed by atoms with Crippen molar-refractivity contribution in [1.29, 1.82) is 1.43 Å². The molecule has 0 aromatic carbocycles. The second kappa shape index (κ2) is 2.19. The Morgan fingerprint density at radius 2 is 2.73 bits per heavy atom. The van der Waals surface area contributed by atoms with Crippen LogP contribution < -0.4 is 0 Å². The third-order valence-corrected chi connectivity index (χ3v) is 2.90.